The molecule has 0 aliphatic heterocycles. The van der Waals surface area contributed by atoms with E-state index in [0.717, 1.165) is 10.4 Å². The van der Waals surface area contributed by atoms with Crippen molar-refractivity contribution in [2.75, 3.05) is 0 Å². The summed E-state index contributed by atoms with van der Waals surface area (Å²) >= 11 is 13.2. The Balaban J connectivity index is 2.41. The summed E-state index contributed by atoms with van der Waals surface area (Å²) < 4.78 is 0. The lowest BCUT2D eigenvalue weighted by Gasteiger charge is -2.18. The van der Waals surface area contributed by atoms with Crippen LogP contribution in [0.2, 0.25) is 0 Å². The van der Waals surface area contributed by atoms with Gasteiger partial charge in [-0.3, -0.25) is 0 Å². The zero-order valence-electron chi connectivity index (χ0n) is 9.87. The van der Waals surface area contributed by atoms with Crippen molar-refractivity contribution in [2.24, 2.45) is 0 Å². The van der Waals surface area contributed by atoms with Crippen LogP contribution in [0.3, 0.4) is 0 Å². The molecule has 0 bridgehead atoms. The molecule has 3 heteroatoms. The van der Waals surface area contributed by atoms with E-state index in [1.165, 1.54) is 11.1 Å². The van der Waals surface area contributed by atoms with E-state index in [9.17, 15) is 0 Å². The van der Waals surface area contributed by atoms with Crippen LogP contribution in [0.4, 0.5) is 0 Å². The van der Waals surface area contributed by atoms with Crippen molar-refractivity contribution in [1.82, 2.24) is 0 Å². The van der Waals surface area contributed by atoms with Gasteiger partial charge in [-0.2, -0.15) is 0 Å². The van der Waals surface area contributed by atoms with Crippen LogP contribution in [0.15, 0.2) is 48.5 Å². The molecule has 0 amide bonds. The van der Waals surface area contributed by atoms with Crippen LogP contribution >= 0.6 is 22.2 Å². The van der Waals surface area contributed by atoms with E-state index < -0.39 is 6.69 Å². The quantitative estimate of drug-likeness (QED) is 0.585. The third-order valence-electron chi connectivity index (χ3n) is 2.83. The maximum atomic E-state index is 6.60. The Kier molecular flexibility index (Phi) is 3.62. The van der Waals surface area contributed by atoms with Gasteiger partial charge in [-0.25, -0.2) is 0 Å². The molecule has 0 heterocycles. The van der Waals surface area contributed by atoms with Gasteiger partial charge in [0.25, 0.3) is 0 Å². The minimum Gasteiger partial charge on any atom is -0.134 e. The third kappa shape index (κ3) is 2.74. The van der Waals surface area contributed by atoms with Gasteiger partial charge in [-0.15, -0.1) is 22.2 Å². The van der Waals surface area contributed by atoms with Crippen LogP contribution < -0.4 is 10.4 Å². The standard InChI is InChI=1S/C14H14Cl2Si/c1-11-3-7-13(8-4-11)17(15,16)14-9-5-12(2)6-10-14/h3-10H,1-2H3. The fourth-order valence-corrected chi connectivity index (χ4v) is 4.71. The lowest BCUT2D eigenvalue weighted by Crippen LogP contribution is -2.48. The number of aryl methyl sites for hydroxylation is 2. The fraction of sp³-hybridized carbons (Fsp3) is 0.143. The highest BCUT2D eigenvalue weighted by Crippen LogP contribution is 2.16. The first-order valence-corrected chi connectivity index (χ1v) is 9.54. The smallest absolute Gasteiger partial charge is 0.134 e. The zero-order valence-corrected chi connectivity index (χ0v) is 12.4. The first-order valence-electron chi connectivity index (χ1n) is 5.52. The summed E-state index contributed by atoms with van der Waals surface area (Å²) in [5, 5.41) is 2.07. The molecule has 0 radical (unpaired) electrons. The lowest BCUT2D eigenvalue weighted by molar-refractivity contribution is 1.48. The Bertz CT molecular complexity index is 453. The molecule has 17 heavy (non-hydrogen) atoms. The van der Waals surface area contributed by atoms with Crippen molar-refractivity contribution in [3.05, 3.63) is 59.7 Å². The monoisotopic (exact) mass is 280 g/mol. The SMILES string of the molecule is Cc1ccc([Si](Cl)(Cl)c2ccc(C)cc2)cc1. The van der Waals surface area contributed by atoms with Crippen LogP contribution in [-0.4, -0.2) is 6.69 Å². The molecule has 0 nitrogen and oxygen atoms in total. The number of benzene rings is 2. The summed E-state index contributed by atoms with van der Waals surface area (Å²) in [5.41, 5.74) is 2.44. The molecule has 0 aliphatic rings. The summed E-state index contributed by atoms with van der Waals surface area (Å²) in [4.78, 5) is 0. The van der Waals surface area contributed by atoms with Crippen LogP contribution in [-0.2, 0) is 0 Å². The normalized spacial score (nSPS) is 11.5. The van der Waals surface area contributed by atoms with Crippen molar-refractivity contribution in [3.8, 4) is 0 Å². The van der Waals surface area contributed by atoms with Crippen molar-refractivity contribution in [1.29, 1.82) is 0 Å². The number of hydrogen-bond acceptors (Lipinski definition) is 0. The van der Waals surface area contributed by atoms with Gasteiger partial charge in [-0.1, -0.05) is 59.7 Å². The molecule has 0 spiro atoms. The van der Waals surface area contributed by atoms with Gasteiger partial charge >= 0.3 is 6.69 Å². The highest BCUT2D eigenvalue weighted by molar-refractivity contribution is 7.56. The van der Waals surface area contributed by atoms with E-state index >= 15 is 0 Å². The van der Waals surface area contributed by atoms with Crippen molar-refractivity contribution in [3.63, 3.8) is 0 Å². The van der Waals surface area contributed by atoms with Gasteiger partial charge in [0.15, 0.2) is 0 Å². The van der Waals surface area contributed by atoms with E-state index in [-0.39, 0.29) is 0 Å². The minimum atomic E-state index is -2.56. The highest BCUT2D eigenvalue weighted by atomic mass is 35.7. The van der Waals surface area contributed by atoms with E-state index in [0.29, 0.717) is 0 Å². The Morgan fingerprint density at radius 3 is 1.24 bits per heavy atom. The molecule has 0 saturated carbocycles. The second kappa shape index (κ2) is 4.85. The summed E-state index contributed by atoms with van der Waals surface area (Å²) in [5.74, 6) is 0. The summed E-state index contributed by atoms with van der Waals surface area (Å²) in [7, 11) is 0. The van der Waals surface area contributed by atoms with E-state index in [1.807, 2.05) is 24.3 Å². The molecule has 0 saturated heterocycles. The van der Waals surface area contributed by atoms with Crippen LogP contribution in [0.1, 0.15) is 11.1 Å². The minimum absolute atomic E-state index is 1.04. The van der Waals surface area contributed by atoms with Gasteiger partial charge in [0.05, 0.1) is 0 Å². The predicted molar refractivity (Wildman–Crippen MR) is 79.1 cm³/mol. The summed E-state index contributed by atoms with van der Waals surface area (Å²) in [6.45, 7) is 1.56. The van der Waals surface area contributed by atoms with E-state index in [4.69, 9.17) is 22.2 Å². The van der Waals surface area contributed by atoms with Crippen LogP contribution in [0.5, 0.6) is 0 Å². The number of hydrogen-bond donors (Lipinski definition) is 0. The molecule has 2 aromatic rings. The Labute approximate surface area is 113 Å². The maximum absolute atomic E-state index is 6.60. The average molecular weight is 281 g/mol. The average Bonchev–Trinajstić information content (AvgIpc) is 2.30. The maximum Gasteiger partial charge on any atom is 0.310 e. The largest absolute Gasteiger partial charge is 0.310 e. The fourth-order valence-electron chi connectivity index (χ4n) is 1.69. The van der Waals surface area contributed by atoms with Crippen LogP contribution in [0, 0.1) is 13.8 Å². The molecule has 0 fully saturated rings. The first kappa shape index (κ1) is 12.7. The van der Waals surface area contributed by atoms with Crippen molar-refractivity contribution in [2.45, 2.75) is 13.8 Å². The van der Waals surface area contributed by atoms with Gasteiger partial charge in [-0.05, 0) is 24.2 Å². The van der Waals surface area contributed by atoms with Gasteiger partial charge in [0.2, 0.25) is 0 Å². The second-order valence-corrected chi connectivity index (χ2v) is 10.6. The summed E-state index contributed by atoms with van der Waals surface area (Å²) in [6, 6.07) is 16.3. The summed E-state index contributed by atoms with van der Waals surface area (Å²) in [6.07, 6.45) is 0. The molecular formula is C14H14Cl2Si. The number of halogens is 2. The molecule has 88 valence electrons. The van der Waals surface area contributed by atoms with Gasteiger partial charge in [0.1, 0.15) is 0 Å². The van der Waals surface area contributed by atoms with Crippen LogP contribution in [0.25, 0.3) is 0 Å². The molecule has 2 rings (SSSR count). The Morgan fingerprint density at radius 2 is 0.941 bits per heavy atom. The molecular weight excluding hydrogens is 267 g/mol. The predicted octanol–water partition coefficient (Wildman–Crippen LogP) is 3.34. The first-order chi connectivity index (χ1) is 8.00. The third-order valence-corrected chi connectivity index (χ3v) is 7.56. The van der Waals surface area contributed by atoms with E-state index in [2.05, 4.69) is 38.1 Å². The lowest BCUT2D eigenvalue weighted by atomic mass is 10.2. The molecule has 0 atom stereocenters. The van der Waals surface area contributed by atoms with Crippen molar-refractivity contribution < 1.29 is 0 Å². The molecule has 0 unspecified atom stereocenters. The Morgan fingerprint density at radius 1 is 0.647 bits per heavy atom. The second-order valence-electron chi connectivity index (χ2n) is 4.31. The topological polar surface area (TPSA) is 0 Å². The number of rotatable bonds is 2. The van der Waals surface area contributed by atoms with Gasteiger partial charge < -0.3 is 0 Å². The van der Waals surface area contributed by atoms with Gasteiger partial charge in [0, 0.05) is 0 Å². The van der Waals surface area contributed by atoms with E-state index in [1.54, 1.807) is 0 Å². The Hall–Kier alpha value is -0.763. The molecule has 0 aromatic heterocycles. The molecule has 0 N–H and O–H groups in total. The zero-order chi connectivity index (χ0) is 12.5. The highest BCUT2D eigenvalue weighted by Gasteiger charge is 2.33. The molecule has 0 aliphatic carbocycles. The molecule has 2 aromatic carbocycles. The van der Waals surface area contributed by atoms with Crippen molar-refractivity contribution >= 4 is 39.2 Å².